The van der Waals surface area contributed by atoms with Gasteiger partial charge in [-0.2, -0.15) is 0 Å². The number of nitrogens with zero attached hydrogens (tertiary/aromatic N) is 1. The number of aromatic nitrogens is 1. The molecule has 0 saturated heterocycles. The predicted octanol–water partition coefficient (Wildman–Crippen LogP) is 4.33. The largest absolute Gasteiger partial charge is 0.497 e. The molecule has 0 bridgehead atoms. The molecule has 0 amide bonds. The normalized spacial score (nSPS) is 10.5. The van der Waals surface area contributed by atoms with Crippen LogP contribution in [0.2, 0.25) is 0 Å². The second kappa shape index (κ2) is 8.01. The Labute approximate surface area is 155 Å². The van der Waals surface area contributed by atoms with Crippen molar-refractivity contribution in [2.45, 2.75) is 20.0 Å². The van der Waals surface area contributed by atoms with Gasteiger partial charge in [-0.1, -0.05) is 29.8 Å². The first-order chi connectivity index (χ1) is 12.5. The van der Waals surface area contributed by atoms with Crippen LogP contribution < -0.4 is 9.47 Å². The predicted molar refractivity (Wildman–Crippen MR) is 101 cm³/mol. The maximum absolute atomic E-state index is 10.9. The van der Waals surface area contributed by atoms with Gasteiger partial charge in [0.05, 0.1) is 24.8 Å². The molecular formula is C20H19NO4S. The summed E-state index contributed by atoms with van der Waals surface area (Å²) < 4.78 is 11.3. The maximum Gasteiger partial charge on any atom is 0.309 e. The molecule has 134 valence electrons. The minimum atomic E-state index is -0.896. The number of aryl methyl sites for hydroxylation is 1. The van der Waals surface area contributed by atoms with Crippen LogP contribution in [0.4, 0.5) is 0 Å². The molecule has 1 N–H and O–H groups in total. The Bertz CT molecular complexity index is 902. The summed E-state index contributed by atoms with van der Waals surface area (Å²) in [4.78, 5) is 15.3. The van der Waals surface area contributed by atoms with E-state index in [0.717, 1.165) is 16.1 Å². The lowest BCUT2D eigenvalue weighted by atomic mass is 10.1. The van der Waals surface area contributed by atoms with E-state index in [1.54, 1.807) is 12.5 Å². The van der Waals surface area contributed by atoms with Crippen molar-refractivity contribution in [2.24, 2.45) is 0 Å². The molecule has 0 atom stereocenters. The van der Waals surface area contributed by atoms with Crippen molar-refractivity contribution in [1.82, 2.24) is 4.98 Å². The third-order valence-corrected chi connectivity index (χ3v) is 4.74. The maximum atomic E-state index is 10.9. The first-order valence-corrected chi connectivity index (χ1v) is 8.96. The molecule has 3 aromatic rings. The number of hydrogen-bond donors (Lipinski definition) is 1. The average molecular weight is 369 g/mol. The summed E-state index contributed by atoms with van der Waals surface area (Å²) in [6.45, 7) is 2.47. The fraction of sp³-hybridized carbons (Fsp3) is 0.200. The van der Waals surface area contributed by atoms with Crippen molar-refractivity contribution in [1.29, 1.82) is 0 Å². The highest BCUT2D eigenvalue weighted by Crippen LogP contribution is 2.35. The molecule has 0 radical (unpaired) electrons. The van der Waals surface area contributed by atoms with E-state index in [1.165, 1.54) is 16.9 Å². The monoisotopic (exact) mass is 369 g/mol. The van der Waals surface area contributed by atoms with Crippen molar-refractivity contribution < 1.29 is 19.4 Å². The van der Waals surface area contributed by atoms with Crippen LogP contribution in [0.3, 0.4) is 0 Å². The lowest BCUT2D eigenvalue weighted by Crippen LogP contribution is -2.00. The number of carboxylic acids is 1. The molecule has 0 spiro atoms. The molecule has 1 aromatic heterocycles. The molecule has 0 saturated carbocycles. The molecule has 1 heterocycles. The summed E-state index contributed by atoms with van der Waals surface area (Å²) in [6, 6.07) is 13.7. The Morgan fingerprint density at radius 2 is 1.96 bits per heavy atom. The van der Waals surface area contributed by atoms with E-state index in [-0.39, 0.29) is 6.42 Å². The van der Waals surface area contributed by atoms with Gasteiger partial charge in [-0.3, -0.25) is 4.79 Å². The van der Waals surface area contributed by atoms with Gasteiger partial charge in [0.25, 0.3) is 0 Å². The van der Waals surface area contributed by atoms with Crippen LogP contribution in [0.1, 0.15) is 16.8 Å². The van der Waals surface area contributed by atoms with Crippen LogP contribution in [0.5, 0.6) is 11.5 Å². The van der Waals surface area contributed by atoms with Crippen molar-refractivity contribution in [3.8, 4) is 22.1 Å². The fourth-order valence-corrected chi connectivity index (χ4v) is 3.29. The molecule has 0 aliphatic carbocycles. The first kappa shape index (κ1) is 17.9. The molecule has 0 unspecified atom stereocenters. The first-order valence-electron chi connectivity index (χ1n) is 8.08. The summed E-state index contributed by atoms with van der Waals surface area (Å²) in [5.74, 6) is 0.448. The quantitative estimate of drug-likeness (QED) is 0.671. The zero-order valence-electron chi connectivity index (χ0n) is 14.6. The third-order valence-electron chi connectivity index (χ3n) is 3.82. The zero-order valence-corrected chi connectivity index (χ0v) is 15.4. The minimum Gasteiger partial charge on any atom is -0.497 e. The molecule has 5 nitrogen and oxygen atoms in total. The lowest BCUT2D eigenvalue weighted by Gasteiger charge is -2.12. The van der Waals surface area contributed by atoms with Crippen LogP contribution in [-0.4, -0.2) is 23.2 Å². The molecule has 0 fully saturated rings. The van der Waals surface area contributed by atoms with Gasteiger partial charge in [0.1, 0.15) is 23.1 Å². The topological polar surface area (TPSA) is 68.7 Å². The van der Waals surface area contributed by atoms with Gasteiger partial charge < -0.3 is 14.6 Å². The third kappa shape index (κ3) is 4.40. The lowest BCUT2D eigenvalue weighted by molar-refractivity contribution is -0.136. The number of benzene rings is 2. The van der Waals surface area contributed by atoms with E-state index < -0.39 is 5.97 Å². The van der Waals surface area contributed by atoms with Gasteiger partial charge in [0.2, 0.25) is 0 Å². The summed E-state index contributed by atoms with van der Waals surface area (Å²) in [6.07, 6.45) is -0.0911. The van der Waals surface area contributed by atoms with Gasteiger partial charge in [0, 0.05) is 11.4 Å². The second-order valence-electron chi connectivity index (χ2n) is 5.85. The molecule has 3 rings (SSSR count). The van der Waals surface area contributed by atoms with E-state index in [1.807, 2.05) is 49.4 Å². The highest BCUT2D eigenvalue weighted by atomic mass is 32.1. The van der Waals surface area contributed by atoms with E-state index >= 15 is 0 Å². The Morgan fingerprint density at radius 3 is 2.65 bits per heavy atom. The van der Waals surface area contributed by atoms with E-state index in [4.69, 9.17) is 14.6 Å². The molecule has 6 heteroatoms. The molecule has 26 heavy (non-hydrogen) atoms. The summed E-state index contributed by atoms with van der Waals surface area (Å²) >= 11 is 1.40. The number of methoxy groups -OCH3 is 1. The Balaban J connectivity index is 1.86. The Kier molecular flexibility index (Phi) is 5.53. The second-order valence-corrected chi connectivity index (χ2v) is 6.71. The van der Waals surface area contributed by atoms with E-state index in [9.17, 15) is 4.79 Å². The van der Waals surface area contributed by atoms with E-state index in [2.05, 4.69) is 4.98 Å². The number of hydrogen-bond acceptors (Lipinski definition) is 5. The minimum absolute atomic E-state index is 0.0911. The van der Waals surface area contributed by atoms with Crippen LogP contribution in [0.25, 0.3) is 10.6 Å². The Hall–Kier alpha value is -2.86. The average Bonchev–Trinajstić information content (AvgIpc) is 3.08. The number of carbonyl (C=O) groups is 1. The number of aliphatic carboxylic acids is 1. The van der Waals surface area contributed by atoms with Crippen molar-refractivity contribution >= 4 is 17.3 Å². The van der Waals surface area contributed by atoms with Crippen molar-refractivity contribution in [2.75, 3.05) is 7.11 Å². The van der Waals surface area contributed by atoms with Crippen molar-refractivity contribution in [3.63, 3.8) is 0 Å². The highest BCUT2D eigenvalue weighted by Gasteiger charge is 2.14. The van der Waals surface area contributed by atoms with Crippen LogP contribution >= 0.6 is 11.3 Å². The summed E-state index contributed by atoms with van der Waals surface area (Å²) in [7, 11) is 1.60. The van der Waals surface area contributed by atoms with Gasteiger partial charge in [0.15, 0.2) is 0 Å². The van der Waals surface area contributed by atoms with Gasteiger partial charge in [-0.05, 0) is 24.6 Å². The Morgan fingerprint density at radius 1 is 1.19 bits per heavy atom. The van der Waals surface area contributed by atoms with Gasteiger partial charge in [-0.25, -0.2) is 4.98 Å². The van der Waals surface area contributed by atoms with Gasteiger partial charge >= 0.3 is 5.97 Å². The SMILES string of the molecule is COc1ccc(-c2nc(CC(=O)O)cs2)c(OCc2ccc(C)cc2)c1. The van der Waals surface area contributed by atoms with Gasteiger partial charge in [-0.15, -0.1) is 11.3 Å². The fourth-order valence-electron chi connectivity index (χ4n) is 2.44. The highest BCUT2D eigenvalue weighted by molar-refractivity contribution is 7.13. The van der Waals surface area contributed by atoms with Crippen LogP contribution in [0.15, 0.2) is 47.8 Å². The molecule has 0 aliphatic heterocycles. The van der Waals surface area contributed by atoms with Crippen LogP contribution in [0, 0.1) is 6.92 Å². The number of rotatable bonds is 7. The van der Waals surface area contributed by atoms with Crippen molar-refractivity contribution in [3.05, 3.63) is 64.7 Å². The molecule has 0 aliphatic rings. The van der Waals surface area contributed by atoms with E-state index in [0.29, 0.717) is 23.8 Å². The smallest absolute Gasteiger partial charge is 0.309 e. The standard InChI is InChI=1S/C20H19NO4S/c1-13-3-5-14(6-4-13)11-25-18-10-16(24-2)7-8-17(18)20-21-15(12-26-20)9-19(22)23/h3-8,10,12H,9,11H2,1-2H3,(H,22,23). The molecular weight excluding hydrogens is 350 g/mol. The number of thiazole rings is 1. The zero-order chi connectivity index (χ0) is 18.5. The van der Waals surface area contributed by atoms with Crippen LogP contribution in [-0.2, 0) is 17.8 Å². The summed E-state index contributed by atoms with van der Waals surface area (Å²) in [5, 5.41) is 11.4. The number of ether oxygens (including phenoxy) is 2. The summed E-state index contributed by atoms with van der Waals surface area (Å²) in [5.41, 5.74) is 3.62. The molecule has 2 aromatic carbocycles. The number of carboxylic acid groups (broad SMARTS) is 1.